The highest BCUT2D eigenvalue weighted by atomic mass is 19.4. The molecule has 3 unspecified atom stereocenters. The molecule has 3 atom stereocenters. The minimum absolute atomic E-state index is 0.0563. The lowest BCUT2D eigenvalue weighted by molar-refractivity contribution is -0.193. The highest BCUT2D eigenvalue weighted by Gasteiger charge is 2.74. The molecule has 0 aliphatic heterocycles. The Morgan fingerprint density at radius 2 is 2.06 bits per heavy atom. The summed E-state index contributed by atoms with van der Waals surface area (Å²) in [5.41, 5.74) is 2.30. The topological polar surface area (TPSA) is 0 Å². The Kier molecular flexibility index (Phi) is 2.78. The first-order chi connectivity index (χ1) is 7.80. The summed E-state index contributed by atoms with van der Waals surface area (Å²) in [6.45, 7) is 5.69. The summed E-state index contributed by atoms with van der Waals surface area (Å²) in [7, 11) is 0. The standard InChI is InChI=1S/C14H17F3/c1-9(2)11-6-4-5-7-13(14(15,16)17)10(3)12(13)8-11/h5-6,8-10,12H,7H2,1-3H3/b11-8+. The van der Waals surface area contributed by atoms with Crippen molar-refractivity contribution in [2.75, 3.05) is 0 Å². The van der Waals surface area contributed by atoms with Crippen molar-refractivity contribution in [1.29, 1.82) is 0 Å². The second-order valence-electron chi connectivity index (χ2n) is 5.39. The minimum atomic E-state index is -4.12. The summed E-state index contributed by atoms with van der Waals surface area (Å²) in [5, 5.41) is 0. The molecule has 0 nitrogen and oxygen atoms in total. The van der Waals surface area contributed by atoms with Crippen LogP contribution in [0.3, 0.4) is 0 Å². The van der Waals surface area contributed by atoms with Crippen molar-refractivity contribution in [3.63, 3.8) is 0 Å². The second-order valence-corrected chi connectivity index (χ2v) is 5.39. The largest absolute Gasteiger partial charge is 0.395 e. The molecule has 2 rings (SSSR count). The number of hydrogen-bond donors (Lipinski definition) is 0. The number of halogens is 3. The van der Waals surface area contributed by atoms with Crippen molar-refractivity contribution >= 4 is 0 Å². The zero-order valence-corrected chi connectivity index (χ0v) is 10.3. The summed E-state index contributed by atoms with van der Waals surface area (Å²) in [6, 6.07) is 0. The van der Waals surface area contributed by atoms with Gasteiger partial charge in [0.1, 0.15) is 0 Å². The molecule has 0 saturated heterocycles. The molecule has 0 radical (unpaired) electrons. The van der Waals surface area contributed by atoms with Crippen molar-refractivity contribution in [2.24, 2.45) is 23.2 Å². The van der Waals surface area contributed by atoms with E-state index in [0.29, 0.717) is 0 Å². The molecule has 94 valence electrons. The molecule has 0 aromatic rings. The third-order valence-corrected chi connectivity index (χ3v) is 4.21. The van der Waals surface area contributed by atoms with Crippen molar-refractivity contribution in [2.45, 2.75) is 33.4 Å². The summed E-state index contributed by atoms with van der Waals surface area (Å²) >= 11 is 0. The highest BCUT2D eigenvalue weighted by Crippen LogP contribution is 2.70. The third kappa shape index (κ3) is 1.77. The molecule has 17 heavy (non-hydrogen) atoms. The molecule has 0 amide bonds. The van der Waals surface area contributed by atoms with Gasteiger partial charge in [0, 0.05) is 0 Å². The van der Waals surface area contributed by atoms with E-state index in [4.69, 9.17) is 0 Å². The van der Waals surface area contributed by atoms with Gasteiger partial charge in [-0.3, -0.25) is 0 Å². The van der Waals surface area contributed by atoms with Crippen LogP contribution in [-0.4, -0.2) is 6.18 Å². The van der Waals surface area contributed by atoms with Crippen molar-refractivity contribution in [1.82, 2.24) is 0 Å². The van der Waals surface area contributed by atoms with Crippen molar-refractivity contribution < 1.29 is 13.2 Å². The molecule has 0 bridgehead atoms. The quantitative estimate of drug-likeness (QED) is 0.594. The van der Waals surface area contributed by atoms with E-state index in [-0.39, 0.29) is 24.2 Å². The lowest BCUT2D eigenvalue weighted by Crippen LogP contribution is -2.27. The summed E-state index contributed by atoms with van der Waals surface area (Å²) < 4.78 is 39.5. The van der Waals surface area contributed by atoms with Gasteiger partial charge in [0.15, 0.2) is 0 Å². The monoisotopic (exact) mass is 242 g/mol. The lowest BCUT2D eigenvalue weighted by atomic mass is 9.92. The van der Waals surface area contributed by atoms with E-state index in [1.54, 1.807) is 13.0 Å². The van der Waals surface area contributed by atoms with Gasteiger partial charge in [-0.25, -0.2) is 0 Å². The number of hydrogen-bond acceptors (Lipinski definition) is 0. The maximum Gasteiger partial charge on any atom is 0.395 e. The Balaban J connectivity index is 2.41. The molecule has 1 fully saturated rings. The van der Waals surface area contributed by atoms with Crippen LogP contribution in [0.4, 0.5) is 13.2 Å². The third-order valence-electron chi connectivity index (χ3n) is 4.21. The highest BCUT2D eigenvalue weighted by molar-refractivity contribution is 5.31. The molecule has 2 aliphatic rings. The fraction of sp³-hybridized carbons (Fsp3) is 0.643. The Labute approximate surface area is 99.9 Å². The Morgan fingerprint density at radius 3 is 2.59 bits per heavy atom. The fourth-order valence-corrected chi connectivity index (χ4v) is 2.84. The lowest BCUT2D eigenvalue weighted by Gasteiger charge is -2.20. The summed E-state index contributed by atoms with van der Waals surface area (Å²) in [4.78, 5) is 0. The average Bonchev–Trinajstić information content (AvgIpc) is 2.67. The van der Waals surface area contributed by atoms with Crippen LogP contribution >= 0.6 is 0 Å². The maximum atomic E-state index is 13.2. The zero-order valence-electron chi connectivity index (χ0n) is 10.3. The van der Waals surface area contributed by atoms with Gasteiger partial charge in [0.25, 0.3) is 0 Å². The van der Waals surface area contributed by atoms with Gasteiger partial charge in [0.2, 0.25) is 0 Å². The molecule has 1 saturated carbocycles. The number of rotatable bonds is 1. The van der Waals surface area contributed by atoms with Gasteiger partial charge in [0.05, 0.1) is 5.41 Å². The van der Waals surface area contributed by atoms with Crippen LogP contribution in [0, 0.1) is 23.2 Å². The van der Waals surface area contributed by atoms with Crippen LogP contribution in [-0.2, 0) is 0 Å². The Bertz CT molecular complexity index is 408. The smallest absolute Gasteiger partial charge is 0.170 e. The summed E-state index contributed by atoms with van der Waals surface area (Å²) in [5.74, 6) is -0.442. The van der Waals surface area contributed by atoms with Crippen LogP contribution in [0.1, 0.15) is 27.2 Å². The van der Waals surface area contributed by atoms with Crippen LogP contribution in [0.15, 0.2) is 29.5 Å². The first-order valence-corrected chi connectivity index (χ1v) is 6.00. The zero-order chi connectivity index (χ0) is 12.8. The Morgan fingerprint density at radius 1 is 1.41 bits per heavy atom. The number of fused-ring (bicyclic) bond motifs is 1. The normalized spacial score (nSPS) is 39.4. The predicted octanol–water partition coefficient (Wildman–Crippen LogP) is 4.50. The van der Waals surface area contributed by atoms with Gasteiger partial charge in [-0.1, -0.05) is 26.8 Å². The van der Waals surface area contributed by atoms with Crippen molar-refractivity contribution in [3.05, 3.63) is 29.5 Å². The van der Waals surface area contributed by atoms with Gasteiger partial charge in [-0.05, 0) is 41.9 Å². The van der Waals surface area contributed by atoms with E-state index in [1.165, 1.54) is 0 Å². The predicted molar refractivity (Wildman–Crippen MR) is 61.3 cm³/mol. The van der Waals surface area contributed by atoms with Crippen LogP contribution in [0.2, 0.25) is 0 Å². The number of allylic oxidation sites excluding steroid dienone is 3. The van der Waals surface area contributed by atoms with E-state index in [9.17, 15) is 13.2 Å². The molecule has 0 aromatic heterocycles. The van der Waals surface area contributed by atoms with E-state index >= 15 is 0 Å². The summed E-state index contributed by atoms with van der Waals surface area (Å²) in [6.07, 6.45) is 1.10. The van der Waals surface area contributed by atoms with Crippen LogP contribution < -0.4 is 0 Å². The van der Waals surface area contributed by atoms with E-state index in [1.807, 2.05) is 26.0 Å². The molecular formula is C14H17F3. The van der Waals surface area contributed by atoms with Crippen LogP contribution in [0.5, 0.6) is 0 Å². The average molecular weight is 242 g/mol. The molecule has 0 aromatic carbocycles. The molecule has 0 N–H and O–H groups in total. The SMILES string of the molecule is CC(C)/C1=C/C2C(C)C2(C(F)(F)F)CC=C=C1. The molecule has 0 spiro atoms. The number of alkyl halides is 3. The molecular weight excluding hydrogens is 225 g/mol. The molecule has 2 aliphatic carbocycles. The van der Waals surface area contributed by atoms with Gasteiger partial charge in [-0.15, -0.1) is 5.73 Å². The fourth-order valence-electron chi connectivity index (χ4n) is 2.84. The van der Waals surface area contributed by atoms with E-state index in [2.05, 4.69) is 5.73 Å². The van der Waals surface area contributed by atoms with Gasteiger partial charge >= 0.3 is 6.18 Å². The van der Waals surface area contributed by atoms with Crippen molar-refractivity contribution in [3.8, 4) is 0 Å². The first kappa shape index (κ1) is 12.5. The van der Waals surface area contributed by atoms with Gasteiger partial charge in [-0.2, -0.15) is 13.2 Å². The van der Waals surface area contributed by atoms with Crippen LogP contribution in [0.25, 0.3) is 0 Å². The van der Waals surface area contributed by atoms with Gasteiger partial charge < -0.3 is 0 Å². The Hall–Kier alpha value is -0.950. The second kappa shape index (κ2) is 3.78. The first-order valence-electron chi connectivity index (χ1n) is 6.00. The van der Waals surface area contributed by atoms with E-state index < -0.39 is 11.6 Å². The molecule has 0 heterocycles. The minimum Gasteiger partial charge on any atom is -0.170 e. The van der Waals surface area contributed by atoms with E-state index in [0.717, 1.165) is 5.57 Å². The molecule has 3 heteroatoms. The maximum absolute atomic E-state index is 13.2.